The maximum absolute atomic E-state index is 12.0. The van der Waals surface area contributed by atoms with Crippen LogP contribution in [0.15, 0.2) is 0 Å². The highest BCUT2D eigenvalue weighted by molar-refractivity contribution is 7.91. The Kier molecular flexibility index (Phi) is 6.11. The number of hydrogen-bond donors (Lipinski definition) is 2. The van der Waals surface area contributed by atoms with Crippen LogP contribution in [0, 0.1) is 0 Å². The SMILES string of the molecule is COCCN(CC(=O)O)CC(=O)NC1(C)CCS(=O)(=O)C1. The summed E-state index contributed by atoms with van der Waals surface area (Å²) in [6.07, 6.45) is 0.373. The van der Waals surface area contributed by atoms with Crippen LogP contribution >= 0.6 is 0 Å². The highest BCUT2D eigenvalue weighted by Crippen LogP contribution is 2.22. The minimum atomic E-state index is -3.10. The topological polar surface area (TPSA) is 113 Å². The lowest BCUT2D eigenvalue weighted by atomic mass is 10.0. The standard InChI is InChI=1S/C12H22N2O6S/c1-12(3-6-21(18,19)9-12)13-10(15)7-14(4-5-20-2)8-11(16)17/h3-9H2,1-2H3,(H,13,15)(H,16,17). The third-order valence-corrected chi connectivity index (χ3v) is 5.19. The lowest BCUT2D eigenvalue weighted by Gasteiger charge is -2.26. The first-order valence-corrected chi connectivity index (χ1v) is 8.42. The van der Waals surface area contributed by atoms with Crippen molar-refractivity contribution in [2.45, 2.75) is 18.9 Å². The van der Waals surface area contributed by atoms with Gasteiger partial charge in [0.15, 0.2) is 9.84 Å². The van der Waals surface area contributed by atoms with Crippen LogP contribution in [0.5, 0.6) is 0 Å². The van der Waals surface area contributed by atoms with Gasteiger partial charge in [-0.25, -0.2) is 8.42 Å². The van der Waals surface area contributed by atoms with Gasteiger partial charge in [0.05, 0.1) is 36.7 Å². The molecule has 21 heavy (non-hydrogen) atoms. The summed E-state index contributed by atoms with van der Waals surface area (Å²) in [5.74, 6) is -1.44. The fourth-order valence-corrected chi connectivity index (χ4v) is 4.41. The Morgan fingerprint density at radius 3 is 2.52 bits per heavy atom. The number of rotatable bonds is 8. The van der Waals surface area contributed by atoms with E-state index in [0.29, 0.717) is 19.6 Å². The van der Waals surface area contributed by atoms with E-state index in [1.165, 1.54) is 12.0 Å². The number of nitrogens with one attached hydrogen (secondary N) is 1. The average molecular weight is 322 g/mol. The van der Waals surface area contributed by atoms with Crippen LogP contribution in [0.25, 0.3) is 0 Å². The highest BCUT2D eigenvalue weighted by Gasteiger charge is 2.39. The van der Waals surface area contributed by atoms with Crippen LogP contribution in [0.4, 0.5) is 0 Å². The monoisotopic (exact) mass is 322 g/mol. The number of carboxylic acid groups (broad SMARTS) is 1. The van der Waals surface area contributed by atoms with Crippen LogP contribution < -0.4 is 5.32 Å². The highest BCUT2D eigenvalue weighted by atomic mass is 32.2. The zero-order chi connectivity index (χ0) is 16.1. The van der Waals surface area contributed by atoms with E-state index in [-0.39, 0.29) is 30.5 Å². The number of carbonyl (C=O) groups excluding carboxylic acids is 1. The number of carbonyl (C=O) groups is 2. The smallest absolute Gasteiger partial charge is 0.317 e. The molecule has 1 unspecified atom stereocenters. The minimum absolute atomic E-state index is 0.0618. The third-order valence-electron chi connectivity index (χ3n) is 3.28. The largest absolute Gasteiger partial charge is 0.480 e. The van der Waals surface area contributed by atoms with Gasteiger partial charge < -0.3 is 15.2 Å². The predicted molar refractivity (Wildman–Crippen MR) is 75.8 cm³/mol. The molecule has 0 aliphatic carbocycles. The summed E-state index contributed by atoms with van der Waals surface area (Å²) < 4.78 is 27.8. The normalized spacial score (nSPS) is 24.1. The van der Waals surface area contributed by atoms with E-state index < -0.39 is 21.3 Å². The molecule has 122 valence electrons. The Labute approximate surface area is 124 Å². The molecule has 1 saturated heterocycles. The molecule has 0 bridgehead atoms. The molecule has 0 aromatic carbocycles. The molecule has 0 aromatic heterocycles. The molecule has 0 spiro atoms. The molecule has 9 heteroatoms. The van der Waals surface area contributed by atoms with Crippen molar-refractivity contribution in [3.05, 3.63) is 0 Å². The number of sulfone groups is 1. The molecule has 1 atom stereocenters. The van der Waals surface area contributed by atoms with Crippen molar-refractivity contribution in [3.63, 3.8) is 0 Å². The average Bonchev–Trinajstić information content (AvgIpc) is 2.59. The number of amides is 1. The minimum Gasteiger partial charge on any atom is -0.480 e. The van der Waals surface area contributed by atoms with Gasteiger partial charge in [0, 0.05) is 13.7 Å². The van der Waals surface area contributed by atoms with Crippen LogP contribution in [0.3, 0.4) is 0 Å². The zero-order valence-corrected chi connectivity index (χ0v) is 13.1. The lowest BCUT2D eigenvalue weighted by molar-refractivity contribution is -0.139. The van der Waals surface area contributed by atoms with Gasteiger partial charge in [0.1, 0.15) is 0 Å². The zero-order valence-electron chi connectivity index (χ0n) is 12.3. The van der Waals surface area contributed by atoms with Crippen LogP contribution in [0.1, 0.15) is 13.3 Å². The maximum atomic E-state index is 12.0. The summed E-state index contributed by atoms with van der Waals surface area (Å²) in [5, 5.41) is 11.5. The molecule has 1 amide bonds. The fraction of sp³-hybridized carbons (Fsp3) is 0.833. The van der Waals surface area contributed by atoms with Gasteiger partial charge in [0.25, 0.3) is 0 Å². The van der Waals surface area contributed by atoms with E-state index in [1.54, 1.807) is 6.92 Å². The lowest BCUT2D eigenvalue weighted by Crippen LogP contribution is -2.51. The van der Waals surface area contributed by atoms with E-state index in [9.17, 15) is 18.0 Å². The molecule has 1 aliphatic rings. The number of nitrogens with zero attached hydrogens (tertiary/aromatic N) is 1. The molecule has 2 N–H and O–H groups in total. The van der Waals surface area contributed by atoms with Gasteiger partial charge in [0.2, 0.25) is 5.91 Å². The summed E-state index contributed by atoms with van der Waals surface area (Å²) >= 11 is 0. The van der Waals surface area contributed by atoms with Crippen molar-refractivity contribution in [2.75, 3.05) is 44.9 Å². The van der Waals surface area contributed by atoms with Gasteiger partial charge in [-0.05, 0) is 13.3 Å². The molecule has 1 fully saturated rings. The molecular formula is C12H22N2O6S. The number of carboxylic acids is 1. The van der Waals surface area contributed by atoms with Gasteiger partial charge in [-0.15, -0.1) is 0 Å². The van der Waals surface area contributed by atoms with Gasteiger partial charge in [-0.1, -0.05) is 0 Å². The molecule has 0 saturated carbocycles. The Balaban J connectivity index is 2.55. The summed E-state index contributed by atoms with van der Waals surface area (Å²) in [5.41, 5.74) is -0.772. The first-order chi connectivity index (χ1) is 9.66. The second kappa shape index (κ2) is 7.19. The Hall–Kier alpha value is -1.19. The summed E-state index contributed by atoms with van der Waals surface area (Å²) in [6.45, 7) is 1.93. The molecular weight excluding hydrogens is 300 g/mol. The van der Waals surface area contributed by atoms with Crippen molar-refractivity contribution in [1.82, 2.24) is 10.2 Å². The number of aliphatic carboxylic acids is 1. The fourth-order valence-electron chi connectivity index (χ4n) is 2.31. The third kappa shape index (κ3) is 6.40. The molecule has 1 rings (SSSR count). The van der Waals surface area contributed by atoms with E-state index in [4.69, 9.17) is 9.84 Å². The number of hydrogen-bond acceptors (Lipinski definition) is 6. The van der Waals surface area contributed by atoms with Crippen molar-refractivity contribution < 1.29 is 27.9 Å². The Morgan fingerprint density at radius 2 is 2.05 bits per heavy atom. The van der Waals surface area contributed by atoms with Crippen molar-refractivity contribution in [1.29, 1.82) is 0 Å². The molecule has 1 aliphatic heterocycles. The van der Waals surface area contributed by atoms with Gasteiger partial charge in [-0.2, -0.15) is 0 Å². The van der Waals surface area contributed by atoms with E-state index >= 15 is 0 Å². The van der Waals surface area contributed by atoms with Crippen molar-refractivity contribution in [3.8, 4) is 0 Å². The van der Waals surface area contributed by atoms with Gasteiger partial charge >= 0.3 is 5.97 Å². The predicted octanol–water partition coefficient (Wildman–Crippen LogP) is -1.29. The van der Waals surface area contributed by atoms with E-state index in [0.717, 1.165) is 0 Å². The first kappa shape index (κ1) is 17.9. The summed E-state index contributed by atoms with van der Waals surface area (Å²) in [6, 6.07) is 0. The number of methoxy groups -OCH3 is 1. The van der Waals surface area contributed by atoms with Crippen LogP contribution in [-0.4, -0.2) is 80.7 Å². The first-order valence-electron chi connectivity index (χ1n) is 6.60. The Bertz CT molecular complexity index is 492. The molecule has 0 aromatic rings. The molecule has 8 nitrogen and oxygen atoms in total. The Morgan fingerprint density at radius 1 is 1.38 bits per heavy atom. The van der Waals surface area contributed by atoms with Gasteiger partial charge in [-0.3, -0.25) is 14.5 Å². The summed E-state index contributed by atoms with van der Waals surface area (Å²) in [7, 11) is -1.61. The second-order valence-electron chi connectivity index (χ2n) is 5.55. The quantitative estimate of drug-likeness (QED) is 0.572. The second-order valence-corrected chi connectivity index (χ2v) is 7.73. The maximum Gasteiger partial charge on any atom is 0.317 e. The van der Waals surface area contributed by atoms with Crippen molar-refractivity contribution in [2.24, 2.45) is 0 Å². The van der Waals surface area contributed by atoms with E-state index in [2.05, 4.69) is 5.32 Å². The van der Waals surface area contributed by atoms with Crippen LogP contribution in [0.2, 0.25) is 0 Å². The number of ether oxygens (including phenoxy) is 1. The summed E-state index contributed by atoms with van der Waals surface area (Å²) in [4.78, 5) is 24.2. The van der Waals surface area contributed by atoms with E-state index in [1.807, 2.05) is 0 Å². The molecule has 1 heterocycles. The van der Waals surface area contributed by atoms with Crippen molar-refractivity contribution >= 4 is 21.7 Å². The molecule has 0 radical (unpaired) electrons. The van der Waals surface area contributed by atoms with Crippen LogP contribution in [-0.2, 0) is 24.2 Å².